The lowest BCUT2D eigenvalue weighted by molar-refractivity contribution is -0.123. The van der Waals surface area contributed by atoms with Gasteiger partial charge in [-0.2, -0.15) is 0 Å². The van der Waals surface area contributed by atoms with E-state index in [9.17, 15) is 18.0 Å². The van der Waals surface area contributed by atoms with Gasteiger partial charge < -0.3 is 10.1 Å². The number of sulfonamides is 1. The fourth-order valence-corrected chi connectivity index (χ4v) is 3.36. The van der Waals surface area contributed by atoms with E-state index in [1.807, 2.05) is 30.3 Å². The predicted molar refractivity (Wildman–Crippen MR) is 110 cm³/mol. The van der Waals surface area contributed by atoms with Gasteiger partial charge in [0.1, 0.15) is 0 Å². The average molecular weight is 433 g/mol. The Morgan fingerprint density at radius 3 is 2.41 bits per heavy atom. The Balaban J connectivity index is 1.72. The van der Waals surface area contributed by atoms with Crippen LogP contribution < -0.4 is 10.5 Å². The molecule has 0 aromatic heterocycles. The number of hydrogen-bond donors (Lipinski definition) is 2. The molecule has 3 rings (SSSR count). The lowest BCUT2D eigenvalue weighted by atomic mass is 10.1. The Morgan fingerprint density at radius 2 is 1.72 bits per heavy atom. The van der Waals surface area contributed by atoms with Gasteiger partial charge in [-0.1, -0.05) is 41.9 Å². The SMILES string of the molecule is CC(OC(=O)c1cc(S(N)(=O)=O)ccc1Cl)C(=O)Nc1ccc2ccccc2c1. The molecule has 29 heavy (non-hydrogen) atoms. The van der Waals surface area contributed by atoms with Crippen molar-refractivity contribution in [1.29, 1.82) is 0 Å². The first-order valence-corrected chi connectivity index (χ1v) is 10.4. The summed E-state index contributed by atoms with van der Waals surface area (Å²) in [6.45, 7) is 1.39. The molecule has 0 heterocycles. The molecule has 1 atom stereocenters. The maximum atomic E-state index is 12.4. The van der Waals surface area contributed by atoms with Crippen LogP contribution in [0.1, 0.15) is 17.3 Å². The van der Waals surface area contributed by atoms with Crippen molar-refractivity contribution in [2.45, 2.75) is 17.9 Å². The van der Waals surface area contributed by atoms with Crippen LogP contribution in [0.2, 0.25) is 5.02 Å². The van der Waals surface area contributed by atoms with E-state index >= 15 is 0 Å². The van der Waals surface area contributed by atoms with Gasteiger partial charge in [-0.05, 0) is 48.0 Å². The number of benzene rings is 3. The smallest absolute Gasteiger partial charge is 0.340 e. The number of carbonyl (C=O) groups is 2. The van der Waals surface area contributed by atoms with Crippen molar-refractivity contribution in [2.24, 2.45) is 5.14 Å². The molecule has 0 saturated heterocycles. The lowest BCUT2D eigenvalue weighted by Gasteiger charge is -2.15. The summed E-state index contributed by atoms with van der Waals surface area (Å²) in [5, 5.41) is 9.68. The number of primary sulfonamides is 1. The molecular formula is C20H17ClN2O5S. The number of carbonyl (C=O) groups excluding carboxylic acids is 2. The molecule has 7 nitrogen and oxygen atoms in total. The highest BCUT2D eigenvalue weighted by Crippen LogP contribution is 2.22. The quantitative estimate of drug-likeness (QED) is 0.600. The van der Waals surface area contributed by atoms with Crippen LogP contribution in [0.15, 0.2) is 65.6 Å². The number of rotatable bonds is 5. The lowest BCUT2D eigenvalue weighted by Crippen LogP contribution is -2.30. The summed E-state index contributed by atoms with van der Waals surface area (Å²) in [5.74, 6) is -1.49. The summed E-state index contributed by atoms with van der Waals surface area (Å²) in [5.41, 5.74) is 0.342. The van der Waals surface area contributed by atoms with Gasteiger partial charge in [0.15, 0.2) is 6.10 Å². The molecule has 0 aliphatic rings. The minimum Gasteiger partial charge on any atom is -0.449 e. The Morgan fingerprint density at radius 1 is 1.03 bits per heavy atom. The molecule has 0 spiro atoms. The second-order valence-corrected chi connectivity index (χ2v) is 8.25. The van der Waals surface area contributed by atoms with Gasteiger partial charge in [0.05, 0.1) is 15.5 Å². The second-order valence-electron chi connectivity index (χ2n) is 6.29. The van der Waals surface area contributed by atoms with Crippen LogP contribution in [-0.4, -0.2) is 26.4 Å². The third-order valence-electron chi connectivity index (χ3n) is 4.16. The highest BCUT2D eigenvalue weighted by molar-refractivity contribution is 7.89. The number of nitrogens with two attached hydrogens (primary N) is 1. The maximum absolute atomic E-state index is 12.4. The van der Waals surface area contributed by atoms with Crippen molar-refractivity contribution >= 4 is 50.0 Å². The zero-order valence-electron chi connectivity index (χ0n) is 15.3. The van der Waals surface area contributed by atoms with Crippen LogP contribution in [0.5, 0.6) is 0 Å². The molecule has 0 fully saturated rings. The van der Waals surface area contributed by atoms with Crippen LogP contribution in [0, 0.1) is 0 Å². The minimum absolute atomic E-state index is 0.0236. The molecule has 0 aliphatic heterocycles. The fraction of sp³-hybridized carbons (Fsp3) is 0.100. The Bertz CT molecular complexity index is 1210. The standard InChI is InChI=1S/C20H17ClN2O5S/c1-12(19(24)23-15-7-6-13-4-2-3-5-14(13)10-15)28-20(25)17-11-16(29(22,26)27)8-9-18(17)21/h2-12H,1H3,(H,23,24)(H2,22,26,27). The van der Waals surface area contributed by atoms with Crippen LogP contribution >= 0.6 is 11.6 Å². The second kappa shape index (κ2) is 8.20. The van der Waals surface area contributed by atoms with Crippen molar-refractivity contribution in [3.05, 3.63) is 71.2 Å². The van der Waals surface area contributed by atoms with Gasteiger partial charge in [0, 0.05) is 5.69 Å². The minimum atomic E-state index is -4.02. The third-order valence-corrected chi connectivity index (χ3v) is 5.40. The predicted octanol–water partition coefficient (Wildman–Crippen LogP) is 3.32. The zero-order valence-corrected chi connectivity index (χ0v) is 16.8. The normalized spacial score (nSPS) is 12.4. The Kier molecular flexibility index (Phi) is 5.88. The number of halogens is 1. The average Bonchev–Trinajstić information content (AvgIpc) is 2.67. The largest absolute Gasteiger partial charge is 0.449 e. The van der Waals surface area contributed by atoms with Gasteiger partial charge in [-0.15, -0.1) is 0 Å². The topological polar surface area (TPSA) is 116 Å². The summed E-state index contributed by atoms with van der Waals surface area (Å²) in [7, 11) is -4.02. The van der Waals surface area contributed by atoms with Crippen molar-refractivity contribution in [3.63, 3.8) is 0 Å². The van der Waals surface area contributed by atoms with Gasteiger partial charge in [0.2, 0.25) is 10.0 Å². The molecule has 0 aliphatic carbocycles. The van der Waals surface area contributed by atoms with E-state index in [0.29, 0.717) is 5.69 Å². The molecule has 0 bridgehead atoms. The van der Waals surface area contributed by atoms with Crippen LogP contribution in [-0.2, 0) is 19.6 Å². The molecule has 3 N–H and O–H groups in total. The Hall–Kier alpha value is -2.94. The molecular weight excluding hydrogens is 416 g/mol. The number of ether oxygens (including phenoxy) is 1. The number of anilines is 1. The number of amides is 1. The number of hydrogen-bond acceptors (Lipinski definition) is 5. The zero-order chi connectivity index (χ0) is 21.2. The van der Waals surface area contributed by atoms with Gasteiger partial charge in [0.25, 0.3) is 5.91 Å². The molecule has 3 aromatic carbocycles. The molecule has 150 valence electrons. The first-order valence-electron chi connectivity index (χ1n) is 8.48. The van der Waals surface area contributed by atoms with Gasteiger partial charge in [-0.3, -0.25) is 4.79 Å². The van der Waals surface area contributed by atoms with Gasteiger partial charge in [-0.25, -0.2) is 18.4 Å². The number of nitrogens with one attached hydrogen (secondary N) is 1. The van der Waals surface area contributed by atoms with E-state index in [-0.39, 0.29) is 15.5 Å². The van der Waals surface area contributed by atoms with E-state index in [1.165, 1.54) is 19.1 Å². The summed E-state index contributed by atoms with van der Waals surface area (Å²) in [6, 6.07) is 16.5. The van der Waals surface area contributed by atoms with E-state index < -0.39 is 28.0 Å². The van der Waals surface area contributed by atoms with Crippen LogP contribution in [0.4, 0.5) is 5.69 Å². The third kappa shape index (κ3) is 4.92. The first kappa shape index (κ1) is 20.8. The van der Waals surface area contributed by atoms with Gasteiger partial charge >= 0.3 is 5.97 Å². The molecule has 3 aromatic rings. The van der Waals surface area contributed by atoms with Crippen LogP contribution in [0.25, 0.3) is 10.8 Å². The van der Waals surface area contributed by atoms with E-state index in [2.05, 4.69) is 5.32 Å². The highest BCUT2D eigenvalue weighted by atomic mass is 35.5. The van der Waals surface area contributed by atoms with Crippen molar-refractivity contribution in [1.82, 2.24) is 0 Å². The van der Waals surface area contributed by atoms with Crippen LogP contribution in [0.3, 0.4) is 0 Å². The summed E-state index contributed by atoms with van der Waals surface area (Å²) < 4.78 is 28.1. The molecule has 0 radical (unpaired) electrons. The monoisotopic (exact) mass is 432 g/mol. The summed E-state index contributed by atoms with van der Waals surface area (Å²) in [4.78, 5) is 24.5. The molecule has 9 heteroatoms. The van der Waals surface area contributed by atoms with Crippen molar-refractivity contribution < 1.29 is 22.7 Å². The summed E-state index contributed by atoms with van der Waals surface area (Å²) in [6.07, 6.45) is -1.15. The molecule has 1 unspecified atom stereocenters. The fourth-order valence-electron chi connectivity index (χ4n) is 2.63. The van der Waals surface area contributed by atoms with E-state index in [4.69, 9.17) is 21.5 Å². The maximum Gasteiger partial charge on any atom is 0.340 e. The van der Waals surface area contributed by atoms with E-state index in [1.54, 1.807) is 12.1 Å². The number of fused-ring (bicyclic) bond motifs is 1. The summed E-state index contributed by atoms with van der Waals surface area (Å²) >= 11 is 5.95. The molecule has 1 amide bonds. The molecule has 0 saturated carbocycles. The van der Waals surface area contributed by atoms with Crippen molar-refractivity contribution in [2.75, 3.05) is 5.32 Å². The van der Waals surface area contributed by atoms with E-state index in [0.717, 1.165) is 16.8 Å². The highest BCUT2D eigenvalue weighted by Gasteiger charge is 2.22. The first-order chi connectivity index (χ1) is 13.6. The Labute approximate surface area is 172 Å². The van der Waals surface area contributed by atoms with Crippen molar-refractivity contribution in [3.8, 4) is 0 Å². The number of esters is 1.